The molecule has 1 aliphatic heterocycles. The van der Waals surface area contributed by atoms with E-state index in [1.54, 1.807) is 6.07 Å². The highest BCUT2D eigenvalue weighted by Gasteiger charge is 2.41. The molecule has 0 fully saturated rings. The fraction of sp³-hybridized carbons (Fsp3) is 0.364. The average molecular weight is 206 g/mol. The first-order valence-electron chi connectivity index (χ1n) is 4.88. The molecule has 1 aromatic carbocycles. The van der Waals surface area contributed by atoms with E-state index >= 15 is 0 Å². The van der Waals surface area contributed by atoms with Crippen LogP contribution in [0.25, 0.3) is 0 Å². The first-order chi connectivity index (χ1) is 7.05. The molecule has 4 nitrogen and oxygen atoms in total. The van der Waals surface area contributed by atoms with Crippen molar-refractivity contribution in [3.8, 4) is 0 Å². The molecule has 0 bridgehead atoms. The Hall–Kier alpha value is -1.55. The van der Waals surface area contributed by atoms with Crippen molar-refractivity contribution < 1.29 is 9.90 Å². The standard InChI is InChI=1S/C11H14N2O2/c1-13-7-6-11(12,10(14)15)8-4-2-3-5-9(8)13/h2-5H,6-7,12H2,1H3,(H,14,15). The summed E-state index contributed by atoms with van der Waals surface area (Å²) in [7, 11) is 1.94. The highest BCUT2D eigenvalue weighted by Crippen LogP contribution is 2.35. The number of nitrogens with two attached hydrogens (primary N) is 1. The molecule has 2 rings (SSSR count). The van der Waals surface area contributed by atoms with Crippen molar-refractivity contribution >= 4 is 11.7 Å². The zero-order valence-corrected chi connectivity index (χ0v) is 8.60. The van der Waals surface area contributed by atoms with Gasteiger partial charge in [-0.2, -0.15) is 0 Å². The first-order valence-corrected chi connectivity index (χ1v) is 4.88. The fourth-order valence-electron chi connectivity index (χ4n) is 2.01. The third kappa shape index (κ3) is 1.37. The summed E-state index contributed by atoms with van der Waals surface area (Å²) < 4.78 is 0. The summed E-state index contributed by atoms with van der Waals surface area (Å²) in [5, 5.41) is 9.19. The molecule has 4 heteroatoms. The molecule has 0 radical (unpaired) electrons. The van der Waals surface area contributed by atoms with Crippen molar-refractivity contribution in [3.05, 3.63) is 29.8 Å². The number of benzene rings is 1. The average Bonchev–Trinajstić information content (AvgIpc) is 2.24. The number of fused-ring (bicyclic) bond motifs is 1. The fourth-order valence-corrected chi connectivity index (χ4v) is 2.01. The lowest BCUT2D eigenvalue weighted by molar-refractivity contribution is -0.144. The maximum Gasteiger partial charge on any atom is 0.328 e. The lowest BCUT2D eigenvalue weighted by atomic mass is 9.83. The van der Waals surface area contributed by atoms with Crippen LogP contribution in [0.4, 0.5) is 5.69 Å². The van der Waals surface area contributed by atoms with Crippen LogP contribution in [-0.4, -0.2) is 24.7 Å². The Morgan fingerprint density at radius 2 is 2.20 bits per heavy atom. The molecule has 1 aromatic rings. The van der Waals surface area contributed by atoms with Gasteiger partial charge < -0.3 is 15.7 Å². The van der Waals surface area contributed by atoms with Crippen LogP contribution in [-0.2, 0) is 10.3 Å². The van der Waals surface area contributed by atoms with Gasteiger partial charge in [0.15, 0.2) is 0 Å². The lowest BCUT2D eigenvalue weighted by Gasteiger charge is -2.37. The smallest absolute Gasteiger partial charge is 0.328 e. The number of carboxylic acid groups (broad SMARTS) is 1. The van der Waals surface area contributed by atoms with Crippen molar-refractivity contribution in [2.45, 2.75) is 12.0 Å². The molecule has 1 heterocycles. The normalized spacial score (nSPS) is 24.8. The largest absolute Gasteiger partial charge is 0.480 e. The zero-order chi connectivity index (χ0) is 11.1. The van der Waals surface area contributed by atoms with Gasteiger partial charge in [-0.1, -0.05) is 18.2 Å². The Morgan fingerprint density at radius 3 is 2.87 bits per heavy atom. The van der Waals surface area contributed by atoms with E-state index in [4.69, 9.17) is 5.73 Å². The molecule has 0 aliphatic carbocycles. The van der Waals surface area contributed by atoms with Crippen molar-refractivity contribution in [3.63, 3.8) is 0 Å². The highest BCUT2D eigenvalue weighted by molar-refractivity contribution is 5.84. The van der Waals surface area contributed by atoms with Gasteiger partial charge in [-0.05, 0) is 12.5 Å². The van der Waals surface area contributed by atoms with Crippen LogP contribution in [0.2, 0.25) is 0 Å². The van der Waals surface area contributed by atoms with E-state index in [0.717, 1.165) is 5.69 Å². The minimum atomic E-state index is -1.23. The van der Waals surface area contributed by atoms with Crippen molar-refractivity contribution in [1.29, 1.82) is 0 Å². The van der Waals surface area contributed by atoms with Crippen LogP contribution in [0.5, 0.6) is 0 Å². The Morgan fingerprint density at radius 1 is 1.53 bits per heavy atom. The molecular weight excluding hydrogens is 192 g/mol. The number of carbonyl (C=O) groups is 1. The van der Waals surface area contributed by atoms with Crippen LogP contribution in [0.15, 0.2) is 24.3 Å². The van der Waals surface area contributed by atoms with Gasteiger partial charge in [0.2, 0.25) is 0 Å². The van der Waals surface area contributed by atoms with Crippen LogP contribution in [0, 0.1) is 0 Å². The van der Waals surface area contributed by atoms with Gasteiger partial charge in [0.1, 0.15) is 5.54 Å². The van der Waals surface area contributed by atoms with Gasteiger partial charge in [-0.25, -0.2) is 4.79 Å². The first kappa shape index (κ1) is 9.98. The van der Waals surface area contributed by atoms with Crippen molar-refractivity contribution in [2.24, 2.45) is 5.73 Å². The quantitative estimate of drug-likeness (QED) is 0.712. The molecule has 0 aromatic heterocycles. The second-order valence-corrected chi connectivity index (χ2v) is 3.97. The minimum Gasteiger partial charge on any atom is -0.480 e. The maximum atomic E-state index is 11.2. The Kier molecular flexibility index (Phi) is 2.16. The lowest BCUT2D eigenvalue weighted by Crippen LogP contribution is -2.50. The molecule has 0 amide bonds. The van der Waals surface area contributed by atoms with Gasteiger partial charge in [-0.3, -0.25) is 0 Å². The third-order valence-electron chi connectivity index (χ3n) is 3.02. The van der Waals surface area contributed by atoms with E-state index in [2.05, 4.69) is 0 Å². The van der Waals surface area contributed by atoms with Crippen LogP contribution < -0.4 is 10.6 Å². The molecule has 1 aliphatic rings. The van der Waals surface area contributed by atoms with Crippen LogP contribution in [0.1, 0.15) is 12.0 Å². The van der Waals surface area contributed by atoms with E-state index in [0.29, 0.717) is 18.5 Å². The van der Waals surface area contributed by atoms with Crippen molar-refractivity contribution in [1.82, 2.24) is 0 Å². The van der Waals surface area contributed by atoms with E-state index in [1.807, 2.05) is 30.1 Å². The molecule has 1 atom stereocenters. The molecule has 1 unspecified atom stereocenters. The minimum absolute atomic E-state index is 0.440. The zero-order valence-electron chi connectivity index (χ0n) is 8.60. The van der Waals surface area contributed by atoms with Gasteiger partial charge in [0.25, 0.3) is 0 Å². The summed E-state index contributed by atoms with van der Waals surface area (Å²) >= 11 is 0. The number of carboxylic acids is 1. The van der Waals surface area contributed by atoms with Crippen LogP contribution >= 0.6 is 0 Å². The topological polar surface area (TPSA) is 66.6 Å². The van der Waals surface area contributed by atoms with Gasteiger partial charge in [-0.15, -0.1) is 0 Å². The molecule has 3 N–H and O–H groups in total. The predicted octanol–water partition coefficient (Wildman–Crippen LogP) is 0.765. The summed E-state index contributed by atoms with van der Waals surface area (Å²) in [6.45, 7) is 0.666. The monoisotopic (exact) mass is 206 g/mol. The Bertz CT molecular complexity index is 405. The summed E-state index contributed by atoms with van der Waals surface area (Å²) in [6, 6.07) is 7.41. The highest BCUT2D eigenvalue weighted by atomic mass is 16.4. The van der Waals surface area contributed by atoms with E-state index in [-0.39, 0.29) is 0 Å². The van der Waals surface area contributed by atoms with E-state index in [1.165, 1.54) is 0 Å². The number of anilines is 1. The third-order valence-corrected chi connectivity index (χ3v) is 3.02. The Balaban J connectivity index is 2.58. The van der Waals surface area contributed by atoms with Gasteiger partial charge in [0.05, 0.1) is 0 Å². The second kappa shape index (κ2) is 3.24. The number of nitrogens with zero attached hydrogens (tertiary/aromatic N) is 1. The van der Waals surface area contributed by atoms with Gasteiger partial charge >= 0.3 is 5.97 Å². The predicted molar refractivity (Wildman–Crippen MR) is 57.8 cm³/mol. The second-order valence-electron chi connectivity index (χ2n) is 3.97. The van der Waals surface area contributed by atoms with E-state index < -0.39 is 11.5 Å². The molecule has 0 saturated heterocycles. The maximum absolute atomic E-state index is 11.2. The molecular formula is C11H14N2O2. The van der Waals surface area contributed by atoms with E-state index in [9.17, 15) is 9.90 Å². The number of hydrogen-bond donors (Lipinski definition) is 2. The molecule has 0 saturated carbocycles. The number of aliphatic carboxylic acids is 1. The summed E-state index contributed by atoms with van der Waals surface area (Å²) in [6.07, 6.45) is 0.440. The Labute approximate surface area is 88.3 Å². The summed E-state index contributed by atoms with van der Waals surface area (Å²) in [5.41, 5.74) is 6.33. The molecule has 0 spiro atoms. The van der Waals surface area contributed by atoms with Crippen LogP contribution in [0.3, 0.4) is 0 Å². The van der Waals surface area contributed by atoms with Crippen molar-refractivity contribution in [2.75, 3.05) is 18.5 Å². The summed E-state index contributed by atoms with van der Waals surface area (Å²) in [5.74, 6) is -0.956. The number of para-hydroxylation sites is 1. The SMILES string of the molecule is CN1CCC(N)(C(=O)O)c2ccccc21. The number of hydrogen-bond acceptors (Lipinski definition) is 3. The molecule has 15 heavy (non-hydrogen) atoms. The molecule has 80 valence electrons. The number of rotatable bonds is 1. The van der Waals surface area contributed by atoms with Gasteiger partial charge in [0, 0.05) is 24.8 Å². The summed E-state index contributed by atoms with van der Waals surface area (Å²) in [4.78, 5) is 13.2.